The number of nitrogens with zero attached hydrogens (tertiary/aromatic N) is 1. The third kappa shape index (κ3) is 1.22. The molecule has 2 N–H and O–H groups in total. The predicted octanol–water partition coefficient (Wildman–Crippen LogP) is -0.0946. The molecule has 0 radical (unpaired) electrons. The quantitative estimate of drug-likeness (QED) is 0.611. The van der Waals surface area contributed by atoms with Crippen molar-refractivity contribution in [2.24, 2.45) is 0 Å². The van der Waals surface area contributed by atoms with E-state index in [1.165, 1.54) is 18.3 Å². The summed E-state index contributed by atoms with van der Waals surface area (Å²) in [7, 11) is -3.72. The van der Waals surface area contributed by atoms with E-state index in [0.717, 1.165) is 0 Å². The van der Waals surface area contributed by atoms with E-state index in [2.05, 4.69) is 10.3 Å². The third-order valence-electron chi connectivity index (χ3n) is 1.52. The van der Waals surface area contributed by atoms with Crippen molar-refractivity contribution in [1.82, 2.24) is 9.71 Å². The van der Waals surface area contributed by atoms with Gasteiger partial charge in [-0.15, -0.1) is 0 Å². The highest BCUT2D eigenvalue weighted by atomic mass is 32.2. The van der Waals surface area contributed by atoms with Crippen molar-refractivity contribution < 1.29 is 13.2 Å². The van der Waals surface area contributed by atoms with Crippen LogP contribution in [0.4, 0.5) is 10.6 Å². The van der Waals surface area contributed by atoms with Crippen LogP contribution in [0.2, 0.25) is 0 Å². The van der Waals surface area contributed by atoms with Gasteiger partial charge in [-0.05, 0) is 12.1 Å². The molecule has 0 atom stereocenters. The number of carbonyl (C=O) groups excluding carboxylic acids is 1. The number of hydrogen-bond acceptors (Lipinski definition) is 4. The number of aromatic nitrogens is 1. The van der Waals surface area contributed by atoms with Gasteiger partial charge in [-0.2, -0.15) is 0 Å². The molecule has 2 heterocycles. The number of urea groups is 1. The molecule has 0 spiro atoms. The number of pyridine rings is 1. The second kappa shape index (κ2) is 2.43. The highest BCUT2D eigenvalue weighted by Crippen LogP contribution is 2.20. The minimum Gasteiger partial charge on any atom is -0.290 e. The van der Waals surface area contributed by atoms with Crippen molar-refractivity contribution in [1.29, 1.82) is 0 Å². The minimum absolute atomic E-state index is 0.0189. The van der Waals surface area contributed by atoms with E-state index in [1.54, 1.807) is 4.72 Å². The van der Waals surface area contributed by atoms with Gasteiger partial charge in [0.1, 0.15) is 4.90 Å². The molecule has 13 heavy (non-hydrogen) atoms. The number of rotatable bonds is 0. The van der Waals surface area contributed by atoms with Gasteiger partial charge in [-0.1, -0.05) is 0 Å². The van der Waals surface area contributed by atoms with Crippen molar-refractivity contribution in [3.63, 3.8) is 0 Å². The van der Waals surface area contributed by atoms with Gasteiger partial charge in [0.25, 0.3) is 10.0 Å². The van der Waals surface area contributed by atoms with Crippen LogP contribution in [0.1, 0.15) is 0 Å². The maximum Gasteiger partial charge on any atom is 0.334 e. The molecule has 0 bridgehead atoms. The van der Waals surface area contributed by atoms with Gasteiger partial charge in [0.2, 0.25) is 0 Å². The van der Waals surface area contributed by atoms with Gasteiger partial charge in [-0.25, -0.2) is 22.9 Å². The number of amides is 2. The predicted molar refractivity (Wildman–Crippen MR) is 43.6 cm³/mol. The van der Waals surface area contributed by atoms with Crippen molar-refractivity contribution >= 4 is 21.9 Å². The molecule has 1 aliphatic heterocycles. The van der Waals surface area contributed by atoms with Crippen molar-refractivity contribution in [3.05, 3.63) is 18.3 Å². The zero-order valence-electron chi connectivity index (χ0n) is 6.31. The van der Waals surface area contributed by atoms with Crippen LogP contribution in [0.25, 0.3) is 0 Å². The van der Waals surface area contributed by atoms with Crippen LogP contribution in [0.3, 0.4) is 0 Å². The molecular formula is C6H5N3O3S. The van der Waals surface area contributed by atoms with Crippen molar-refractivity contribution in [2.45, 2.75) is 4.90 Å². The van der Waals surface area contributed by atoms with E-state index >= 15 is 0 Å². The number of nitrogens with one attached hydrogen (secondary N) is 2. The summed E-state index contributed by atoms with van der Waals surface area (Å²) in [6.45, 7) is 0. The van der Waals surface area contributed by atoms with Crippen molar-refractivity contribution in [2.75, 3.05) is 5.32 Å². The van der Waals surface area contributed by atoms with Crippen molar-refractivity contribution in [3.8, 4) is 0 Å². The second-order valence-corrected chi connectivity index (χ2v) is 4.06. The second-order valence-electron chi connectivity index (χ2n) is 2.41. The molecule has 1 aliphatic rings. The first-order valence-corrected chi connectivity index (χ1v) is 4.87. The molecule has 0 saturated carbocycles. The fraction of sp³-hybridized carbons (Fsp3) is 0. The average Bonchev–Trinajstić information content (AvgIpc) is 2.02. The highest BCUT2D eigenvalue weighted by Gasteiger charge is 2.27. The first-order valence-electron chi connectivity index (χ1n) is 3.38. The number of anilines is 1. The summed E-state index contributed by atoms with van der Waals surface area (Å²) < 4.78 is 24.3. The molecule has 68 valence electrons. The molecule has 0 aliphatic carbocycles. The molecular weight excluding hydrogens is 194 g/mol. The molecule has 2 rings (SSSR count). The monoisotopic (exact) mass is 199 g/mol. The van der Waals surface area contributed by atoms with E-state index in [4.69, 9.17) is 0 Å². The maximum atomic E-state index is 11.3. The van der Waals surface area contributed by atoms with Gasteiger partial charge >= 0.3 is 6.03 Å². The number of sulfonamides is 1. The fourth-order valence-corrected chi connectivity index (χ4v) is 2.03. The highest BCUT2D eigenvalue weighted by molar-refractivity contribution is 7.90. The summed E-state index contributed by atoms with van der Waals surface area (Å²) in [5.74, 6) is 0.0613. The van der Waals surface area contributed by atoms with Crippen LogP contribution in [0.15, 0.2) is 23.2 Å². The summed E-state index contributed by atoms with van der Waals surface area (Å²) in [5, 5.41) is 2.28. The summed E-state index contributed by atoms with van der Waals surface area (Å²) in [4.78, 5) is 14.5. The first-order chi connectivity index (χ1) is 6.09. The molecule has 2 amide bonds. The molecule has 1 aromatic rings. The van der Waals surface area contributed by atoms with E-state index in [1.807, 2.05) is 0 Å². The van der Waals surface area contributed by atoms with Crippen LogP contribution in [-0.4, -0.2) is 19.4 Å². The van der Waals surface area contributed by atoms with Gasteiger partial charge in [0.05, 0.1) is 0 Å². The lowest BCUT2D eigenvalue weighted by Crippen LogP contribution is -2.39. The Hall–Kier alpha value is -1.63. The first kappa shape index (κ1) is 7.99. The van der Waals surface area contributed by atoms with Crippen LogP contribution in [0.5, 0.6) is 0 Å². The lowest BCUT2D eigenvalue weighted by Gasteiger charge is -2.16. The molecule has 1 aromatic heterocycles. The van der Waals surface area contributed by atoms with Crippen LogP contribution in [-0.2, 0) is 10.0 Å². The maximum absolute atomic E-state index is 11.3. The average molecular weight is 199 g/mol. The Bertz CT molecular complexity index is 468. The standard InChI is InChI=1S/C6H5N3O3S/c10-6-8-5-4(2-1-3-7-5)13(11,12)9-6/h1-3H,(H2,7,8,9,10). The lowest BCUT2D eigenvalue weighted by atomic mass is 10.4. The SMILES string of the molecule is O=C1Nc2ncccc2S(=O)(=O)N1. The zero-order chi connectivity index (χ0) is 9.47. The summed E-state index contributed by atoms with van der Waals surface area (Å²) in [6, 6.07) is 2.06. The Labute approximate surface area is 74.0 Å². The smallest absolute Gasteiger partial charge is 0.290 e. The molecule has 0 unspecified atom stereocenters. The largest absolute Gasteiger partial charge is 0.334 e. The van der Waals surface area contributed by atoms with Crippen LogP contribution < -0.4 is 10.0 Å². The fourth-order valence-electron chi connectivity index (χ4n) is 1.01. The minimum atomic E-state index is -3.72. The molecule has 6 nitrogen and oxygen atoms in total. The lowest BCUT2D eigenvalue weighted by molar-refractivity contribution is 0.256. The Morgan fingerprint density at radius 1 is 1.38 bits per heavy atom. The normalized spacial score (nSPS) is 18.3. The van der Waals surface area contributed by atoms with Gasteiger partial charge in [-0.3, -0.25) is 5.32 Å². The molecule has 0 aromatic carbocycles. The summed E-state index contributed by atoms with van der Waals surface area (Å²) >= 11 is 0. The Morgan fingerprint density at radius 3 is 2.92 bits per heavy atom. The van der Waals surface area contributed by atoms with Gasteiger partial charge < -0.3 is 0 Å². The Balaban J connectivity index is 2.70. The van der Waals surface area contributed by atoms with Gasteiger partial charge in [0, 0.05) is 6.20 Å². The van der Waals surface area contributed by atoms with Gasteiger partial charge in [0.15, 0.2) is 5.82 Å². The van der Waals surface area contributed by atoms with E-state index in [-0.39, 0.29) is 10.7 Å². The Kier molecular flexibility index (Phi) is 1.49. The third-order valence-corrected chi connectivity index (χ3v) is 2.88. The van der Waals surface area contributed by atoms with Crippen LogP contribution >= 0.6 is 0 Å². The molecule has 0 saturated heterocycles. The number of carbonyl (C=O) groups is 1. The zero-order valence-corrected chi connectivity index (χ0v) is 7.13. The number of fused-ring (bicyclic) bond motifs is 1. The molecule has 7 heteroatoms. The van der Waals surface area contributed by atoms with E-state index in [0.29, 0.717) is 0 Å². The number of hydrogen-bond donors (Lipinski definition) is 2. The molecule has 0 fully saturated rings. The summed E-state index contributed by atoms with van der Waals surface area (Å²) in [5.41, 5.74) is 0. The summed E-state index contributed by atoms with van der Waals surface area (Å²) in [6.07, 6.45) is 1.40. The van der Waals surface area contributed by atoms with E-state index in [9.17, 15) is 13.2 Å². The Morgan fingerprint density at radius 2 is 2.15 bits per heavy atom. The van der Waals surface area contributed by atoms with E-state index < -0.39 is 16.1 Å². The van der Waals surface area contributed by atoms with Crippen LogP contribution in [0, 0.1) is 0 Å². The topological polar surface area (TPSA) is 88.2 Å².